The number of imidazole rings is 1. The van der Waals surface area contributed by atoms with E-state index in [1.54, 1.807) is 30.3 Å². The fraction of sp³-hybridized carbons (Fsp3) is 0.250. The normalized spacial score (nSPS) is 14.5. The smallest absolute Gasteiger partial charge is 0.383 e. The third-order valence-corrected chi connectivity index (χ3v) is 4.01. The van der Waals surface area contributed by atoms with Crippen LogP contribution in [0.2, 0.25) is 0 Å². The maximum atomic E-state index is 13.9. The number of aliphatic hydroxyl groups is 1. The summed E-state index contributed by atoms with van der Waals surface area (Å²) in [5, 5.41) is 14.8. The Hall–Kier alpha value is -2.81. The van der Waals surface area contributed by atoms with Gasteiger partial charge in [-0.2, -0.15) is 18.3 Å². The average Bonchev–Trinajstić information content (AvgIpc) is 3.10. The molecule has 0 saturated carbocycles. The number of nitrogens with two attached hydrogens (primary N) is 1. The van der Waals surface area contributed by atoms with Gasteiger partial charge in [0.1, 0.15) is 5.82 Å². The van der Waals surface area contributed by atoms with E-state index in [9.17, 15) is 18.3 Å². The molecule has 6 nitrogen and oxygen atoms in total. The van der Waals surface area contributed by atoms with Gasteiger partial charge in [-0.15, -0.1) is 0 Å². The molecular weight excluding hydrogens is 335 g/mol. The topological polar surface area (TPSA) is 81.9 Å². The number of nitrogens with zero attached hydrogens (tertiary/aromatic N) is 4. The Morgan fingerprint density at radius 3 is 2.32 bits per heavy atom. The first-order valence-corrected chi connectivity index (χ1v) is 7.35. The molecule has 25 heavy (non-hydrogen) atoms. The van der Waals surface area contributed by atoms with Gasteiger partial charge in [-0.25, -0.2) is 9.67 Å². The summed E-state index contributed by atoms with van der Waals surface area (Å²) in [5.74, 6) is -0.881. The van der Waals surface area contributed by atoms with Crippen LogP contribution in [0.15, 0.2) is 42.7 Å². The fourth-order valence-corrected chi connectivity index (χ4v) is 2.85. The van der Waals surface area contributed by atoms with E-state index in [4.69, 9.17) is 5.73 Å². The Morgan fingerprint density at radius 2 is 1.80 bits per heavy atom. The second-order valence-corrected chi connectivity index (χ2v) is 5.66. The van der Waals surface area contributed by atoms with Gasteiger partial charge in [0.2, 0.25) is 5.60 Å². The molecule has 0 fully saturated rings. The Balaban J connectivity index is 2.30. The minimum absolute atomic E-state index is 0.0378. The van der Waals surface area contributed by atoms with Crippen LogP contribution in [-0.2, 0) is 12.6 Å². The number of hydrogen-bond donors (Lipinski definition) is 2. The molecule has 3 aromatic rings. The van der Waals surface area contributed by atoms with Crippen molar-refractivity contribution >= 4 is 5.82 Å². The molecule has 0 spiro atoms. The monoisotopic (exact) mass is 351 g/mol. The van der Waals surface area contributed by atoms with Crippen LogP contribution in [0.25, 0.3) is 5.69 Å². The number of aryl methyl sites for hydroxylation is 2. The molecule has 2 aromatic heterocycles. The highest BCUT2D eigenvalue weighted by Gasteiger charge is 2.61. The summed E-state index contributed by atoms with van der Waals surface area (Å²) >= 11 is 0. The number of anilines is 1. The summed E-state index contributed by atoms with van der Waals surface area (Å²) in [4.78, 5) is 3.70. The van der Waals surface area contributed by atoms with Crippen LogP contribution in [0.3, 0.4) is 0 Å². The molecule has 1 atom stereocenters. The van der Waals surface area contributed by atoms with E-state index in [1.807, 2.05) is 0 Å². The Labute approximate surface area is 141 Å². The number of nitrogen functional groups attached to an aromatic ring is 1. The number of rotatable bonds is 3. The molecule has 0 amide bonds. The number of alkyl halides is 3. The molecular formula is C16H16F3N5O. The Kier molecular flexibility index (Phi) is 3.83. The largest absolute Gasteiger partial charge is 0.429 e. The molecule has 0 bridgehead atoms. The number of hydrogen-bond acceptors (Lipinski definition) is 4. The first-order chi connectivity index (χ1) is 11.7. The highest BCUT2D eigenvalue weighted by molar-refractivity contribution is 5.55. The van der Waals surface area contributed by atoms with E-state index >= 15 is 0 Å². The minimum atomic E-state index is -5.05. The molecule has 0 radical (unpaired) electrons. The van der Waals surface area contributed by atoms with Crippen LogP contribution < -0.4 is 5.73 Å². The summed E-state index contributed by atoms with van der Waals surface area (Å²) in [5.41, 5.74) is 2.51. The summed E-state index contributed by atoms with van der Waals surface area (Å²) < 4.78 is 44.0. The van der Waals surface area contributed by atoms with E-state index < -0.39 is 23.2 Å². The van der Waals surface area contributed by atoms with Gasteiger partial charge >= 0.3 is 6.18 Å². The lowest BCUT2D eigenvalue weighted by atomic mass is 9.91. The lowest BCUT2D eigenvalue weighted by molar-refractivity contribution is -0.251. The molecule has 9 heteroatoms. The van der Waals surface area contributed by atoms with Crippen molar-refractivity contribution in [1.82, 2.24) is 19.3 Å². The van der Waals surface area contributed by atoms with Gasteiger partial charge in [0.15, 0.2) is 5.82 Å². The zero-order valence-corrected chi connectivity index (χ0v) is 13.5. The second kappa shape index (κ2) is 5.62. The minimum Gasteiger partial charge on any atom is -0.383 e. The summed E-state index contributed by atoms with van der Waals surface area (Å²) in [6, 6.07) is 8.48. The predicted molar refractivity (Wildman–Crippen MR) is 85.0 cm³/mol. The Bertz CT molecular complexity index is 900. The zero-order valence-electron chi connectivity index (χ0n) is 13.5. The van der Waals surface area contributed by atoms with Crippen LogP contribution in [0.4, 0.5) is 19.0 Å². The zero-order chi connectivity index (χ0) is 18.4. The van der Waals surface area contributed by atoms with E-state index in [1.165, 1.54) is 31.0 Å². The van der Waals surface area contributed by atoms with E-state index in [-0.39, 0.29) is 11.5 Å². The van der Waals surface area contributed by atoms with E-state index in [2.05, 4.69) is 10.1 Å². The quantitative estimate of drug-likeness (QED) is 0.759. The highest BCUT2D eigenvalue weighted by atomic mass is 19.4. The molecule has 1 aromatic carbocycles. The molecule has 0 aliphatic carbocycles. The molecule has 3 N–H and O–H groups in total. The number of aromatic nitrogens is 4. The van der Waals surface area contributed by atoms with Crippen molar-refractivity contribution in [2.75, 3.05) is 5.73 Å². The molecule has 0 unspecified atom stereocenters. The van der Waals surface area contributed by atoms with Gasteiger partial charge in [0, 0.05) is 19.4 Å². The van der Waals surface area contributed by atoms with Gasteiger partial charge < -0.3 is 15.4 Å². The first kappa shape index (κ1) is 17.0. The van der Waals surface area contributed by atoms with Crippen LogP contribution >= 0.6 is 0 Å². The third kappa shape index (κ3) is 2.47. The lowest BCUT2D eigenvalue weighted by Crippen LogP contribution is -2.46. The molecule has 3 rings (SSSR count). The second-order valence-electron chi connectivity index (χ2n) is 5.66. The fourth-order valence-electron chi connectivity index (χ4n) is 2.85. The van der Waals surface area contributed by atoms with Crippen LogP contribution in [0.1, 0.15) is 17.1 Å². The SMILES string of the molecule is Cc1nn(-c2ccccc2)c(N)c1[C@](O)(c1nccn1C)C(F)(F)F. The third-order valence-electron chi connectivity index (χ3n) is 4.01. The maximum absolute atomic E-state index is 13.9. The highest BCUT2D eigenvalue weighted by Crippen LogP contribution is 2.46. The number of halogens is 3. The van der Waals surface area contributed by atoms with Gasteiger partial charge in [0.25, 0.3) is 0 Å². The average molecular weight is 351 g/mol. The predicted octanol–water partition coefficient (Wildman–Crippen LogP) is 2.29. The van der Waals surface area contributed by atoms with Crippen molar-refractivity contribution in [3.05, 3.63) is 59.8 Å². The Morgan fingerprint density at radius 1 is 1.16 bits per heavy atom. The van der Waals surface area contributed by atoms with Crippen molar-refractivity contribution < 1.29 is 18.3 Å². The van der Waals surface area contributed by atoms with Gasteiger partial charge in [-0.05, 0) is 19.1 Å². The molecule has 132 valence electrons. The van der Waals surface area contributed by atoms with Crippen molar-refractivity contribution in [3.8, 4) is 5.69 Å². The van der Waals surface area contributed by atoms with Crippen molar-refractivity contribution in [3.63, 3.8) is 0 Å². The standard InChI is InChI=1S/C16H16F3N5O/c1-10-12(13(20)24(22-10)11-6-4-3-5-7-11)15(25,16(17,18)19)14-21-8-9-23(14)2/h3-9,25H,20H2,1-2H3/t15-/m0/s1. The van der Waals surface area contributed by atoms with Gasteiger partial charge in [-0.3, -0.25) is 0 Å². The van der Waals surface area contributed by atoms with E-state index in [0.717, 1.165) is 4.57 Å². The molecule has 0 aliphatic heterocycles. The summed E-state index contributed by atoms with van der Waals surface area (Å²) in [7, 11) is 1.37. The van der Waals surface area contributed by atoms with Crippen LogP contribution in [0.5, 0.6) is 0 Å². The summed E-state index contributed by atoms with van der Waals surface area (Å²) in [6.45, 7) is 1.37. The van der Waals surface area contributed by atoms with Crippen LogP contribution in [0, 0.1) is 6.92 Å². The number of benzene rings is 1. The maximum Gasteiger partial charge on any atom is 0.429 e. The summed E-state index contributed by atoms with van der Waals surface area (Å²) in [6.07, 6.45) is -2.55. The van der Waals surface area contributed by atoms with Crippen molar-refractivity contribution in [2.45, 2.75) is 18.7 Å². The number of para-hydroxylation sites is 1. The first-order valence-electron chi connectivity index (χ1n) is 7.35. The molecule has 2 heterocycles. The molecule has 0 aliphatic rings. The van der Waals surface area contributed by atoms with Crippen LogP contribution in [-0.4, -0.2) is 30.6 Å². The lowest BCUT2D eigenvalue weighted by Gasteiger charge is -2.30. The van der Waals surface area contributed by atoms with Crippen molar-refractivity contribution in [2.24, 2.45) is 7.05 Å². The van der Waals surface area contributed by atoms with Crippen molar-refractivity contribution in [1.29, 1.82) is 0 Å². The van der Waals surface area contributed by atoms with Gasteiger partial charge in [0.05, 0.1) is 16.9 Å². The van der Waals surface area contributed by atoms with Gasteiger partial charge in [-0.1, -0.05) is 18.2 Å². The van der Waals surface area contributed by atoms with E-state index in [0.29, 0.717) is 5.69 Å². The molecule has 0 saturated heterocycles.